The van der Waals surface area contributed by atoms with E-state index in [9.17, 15) is 4.79 Å². The van der Waals surface area contributed by atoms with Crippen molar-refractivity contribution in [3.05, 3.63) is 11.6 Å². The van der Waals surface area contributed by atoms with Gasteiger partial charge in [-0.25, -0.2) is 4.79 Å². The van der Waals surface area contributed by atoms with Crippen LogP contribution in [0.25, 0.3) is 0 Å². The third-order valence-electron chi connectivity index (χ3n) is 1.53. The number of ether oxygens (including phenoxy) is 1. The molecule has 13 heavy (non-hydrogen) atoms. The van der Waals surface area contributed by atoms with Gasteiger partial charge in [-0.3, -0.25) is 0 Å². The van der Waals surface area contributed by atoms with E-state index in [1.165, 1.54) is 0 Å². The third kappa shape index (κ3) is 7.01. The van der Waals surface area contributed by atoms with Crippen LogP contribution < -0.4 is 0 Å². The highest BCUT2D eigenvalue weighted by Crippen LogP contribution is 2.00. The molecule has 0 atom stereocenters. The number of carbonyl (C=O) groups is 1. The molecule has 0 aromatic rings. The summed E-state index contributed by atoms with van der Waals surface area (Å²) in [6.07, 6.45) is 2.80. The quantitative estimate of drug-likeness (QED) is 0.335. The van der Waals surface area contributed by atoms with Crippen molar-refractivity contribution in [2.45, 2.75) is 13.3 Å². The molecule has 0 N–H and O–H groups in total. The van der Waals surface area contributed by atoms with E-state index in [0.29, 0.717) is 10.2 Å². The number of esters is 1. The number of alkyl halides is 1. The number of hydrogen-bond acceptors (Lipinski definition) is 3. The fraction of sp³-hybridized carbons (Fsp3) is 0.667. The van der Waals surface area contributed by atoms with Crippen molar-refractivity contribution >= 4 is 28.6 Å². The van der Waals surface area contributed by atoms with Crippen LogP contribution >= 0.6 is 22.6 Å². The summed E-state index contributed by atoms with van der Waals surface area (Å²) in [5, 5.41) is 0. The molecule has 0 aliphatic heterocycles. The van der Waals surface area contributed by atoms with Gasteiger partial charge in [0.2, 0.25) is 0 Å². The Bertz CT molecular complexity index is 190. The Kier molecular flexibility index (Phi) is 7.26. The first-order valence-corrected chi connectivity index (χ1v) is 5.65. The van der Waals surface area contributed by atoms with E-state index in [1.54, 1.807) is 6.92 Å². The Balaban J connectivity index is 3.80. The van der Waals surface area contributed by atoms with Crippen LogP contribution in [0.15, 0.2) is 11.6 Å². The van der Waals surface area contributed by atoms with Crippen molar-refractivity contribution < 1.29 is 9.53 Å². The van der Waals surface area contributed by atoms with Crippen LogP contribution in [0.2, 0.25) is 0 Å². The largest absolute Gasteiger partial charge is 0.452 e. The first-order chi connectivity index (χ1) is 6.07. The Morgan fingerprint density at radius 1 is 1.54 bits per heavy atom. The molecule has 0 saturated heterocycles. The summed E-state index contributed by atoms with van der Waals surface area (Å²) < 4.78 is 5.24. The van der Waals surface area contributed by atoms with E-state index in [4.69, 9.17) is 4.74 Å². The number of hydrogen-bond donors (Lipinski definition) is 0. The van der Waals surface area contributed by atoms with Crippen LogP contribution in [0, 0.1) is 0 Å². The lowest BCUT2D eigenvalue weighted by atomic mass is 10.2. The summed E-state index contributed by atoms with van der Waals surface area (Å²) in [6.45, 7) is 2.74. The van der Waals surface area contributed by atoms with Gasteiger partial charge in [-0.15, -0.1) is 0 Å². The molecular formula is C9H16INO2. The fourth-order valence-electron chi connectivity index (χ4n) is 0.786. The lowest BCUT2D eigenvalue weighted by Crippen LogP contribution is -2.12. The summed E-state index contributed by atoms with van der Waals surface area (Å²) in [5.41, 5.74) is 0.693. The Hall–Kier alpha value is -0.100. The predicted molar refractivity (Wildman–Crippen MR) is 61.9 cm³/mol. The summed E-state index contributed by atoms with van der Waals surface area (Å²) in [4.78, 5) is 13.2. The van der Waals surface area contributed by atoms with E-state index < -0.39 is 0 Å². The molecule has 0 fully saturated rings. The summed E-state index contributed by atoms with van der Waals surface area (Å²) in [6, 6.07) is 0. The zero-order valence-electron chi connectivity index (χ0n) is 8.34. The van der Waals surface area contributed by atoms with Crippen LogP contribution in [0.3, 0.4) is 0 Å². The van der Waals surface area contributed by atoms with Gasteiger partial charge >= 0.3 is 5.97 Å². The van der Waals surface area contributed by atoms with Crippen molar-refractivity contribution in [2.24, 2.45) is 0 Å². The maximum absolute atomic E-state index is 11.1. The van der Waals surface area contributed by atoms with Crippen molar-refractivity contribution in [1.82, 2.24) is 4.90 Å². The minimum Gasteiger partial charge on any atom is -0.452 e. The van der Waals surface area contributed by atoms with Gasteiger partial charge in [-0.1, -0.05) is 6.08 Å². The summed E-state index contributed by atoms with van der Waals surface area (Å²) in [7, 11) is 4.01. The highest BCUT2D eigenvalue weighted by molar-refractivity contribution is 14.1. The van der Waals surface area contributed by atoms with E-state index in [1.807, 2.05) is 42.8 Å². The van der Waals surface area contributed by atoms with Gasteiger partial charge in [0, 0.05) is 12.1 Å². The predicted octanol–water partition coefficient (Wildman–Crippen LogP) is 1.82. The molecule has 3 nitrogen and oxygen atoms in total. The molecule has 0 saturated carbocycles. The highest BCUT2D eigenvalue weighted by Gasteiger charge is 2.03. The van der Waals surface area contributed by atoms with Crippen LogP contribution in [0.5, 0.6) is 0 Å². The zero-order chi connectivity index (χ0) is 10.3. The van der Waals surface area contributed by atoms with E-state index in [2.05, 4.69) is 4.90 Å². The lowest BCUT2D eigenvalue weighted by molar-refractivity contribution is -0.136. The van der Waals surface area contributed by atoms with Crippen molar-refractivity contribution in [2.75, 3.05) is 25.3 Å². The molecule has 4 heteroatoms. The molecular weight excluding hydrogens is 281 g/mol. The SMILES string of the molecule is CC(=CCCN(C)C)C(=O)OCI. The van der Waals surface area contributed by atoms with Gasteiger partial charge < -0.3 is 9.64 Å². The second-order valence-electron chi connectivity index (χ2n) is 3.02. The molecule has 0 heterocycles. The minimum absolute atomic E-state index is 0.215. The Morgan fingerprint density at radius 2 is 2.15 bits per heavy atom. The van der Waals surface area contributed by atoms with E-state index >= 15 is 0 Å². The molecule has 0 unspecified atom stereocenters. The number of nitrogens with zero attached hydrogens (tertiary/aromatic N) is 1. The Labute approximate surface area is 93.3 Å². The highest BCUT2D eigenvalue weighted by atomic mass is 127. The van der Waals surface area contributed by atoms with Crippen molar-refractivity contribution in [3.8, 4) is 0 Å². The fourth-order valence-corrected chi connectivity index (χ4v) is 1.07. The van der Waals surface area contributed by atoms with Gasteiger partial charge in [-0.05, 0) is 50.0 Å². The summed E-state index contributed by atoms with van der Waals surface area (Å²) in [5.74, 6) is -0.215. The van der Waals surface area contributed by atoms with E-state index in [-0.39, 0.29) is 5.97 Å². The maximum Gasteiger partial charge on any atom is 0.334 e. The standard InChI is InChI=1S/C9H16INO2/c1-8(9(12)13-7-10)5-4-6-11(2)3/h5H,4,6-7H2,1-3H3. The molecule has 0 radical (unpaired) electrons. The summed E-state index contributed by atoms with van der Waals surface area (Å²) >= 11 is 2.01. The van der Waals surface area contributed by atoms with Crippen LogP contribution in [0.4, 0.5) is 0 Å². The van der Waals surface area contributed by atoms with Gasteiger partial charge in [-0.2, -0.15) is 0 Å². The van der Waals surface area contributed by atoms with Crippen molar-refractivity contribution in [3.63, 3.8) is 0 Å². The van der Waals surface area contributed by atoms with Gasteiger partial charge in [0.1, 0.15) is 4.61 Å². The lowest BCUT2D eigenvalue weighted by Gasteiger charge is -2.06. The Morgan fingerprint density at radius 3 is 2.62 bits per heavy atom. The molecule has 0 aliphatic carbocycles. The first-order valence-electron chi connectivity index (χ1n) is 4.12. The molecule has 0 spiro atoms. The topological polar surface area (TPSA) is 29.5 Å². The van der Waals surface area contributed by atoms with Crippen LogP contribution in [0.1, 0.15) is 13.3 Å². The molecule has 0 aliphatic rings. The maximum atomic E-state index is 11.1. The second-order valence-corrected chi connectivity index (χ2v) is 3.64. The van der Waals surface area contributed by atoms with Crippen LogP contribution in [-0.4, -0.2) is 36.1 Å². The third-order valence-corrected chi connectivity index (χ3v) is 1.85. The van der Waals surface area contributed by atoms with Crippen molar-refractivity contribution in [1.29, 1.82) is 0 Å². The van der Waals surface area contributed by atoms with Gasteiger partial charge in [0.05, 0.1) is 0 Å². The van der Waals surface area contributed by atoms with E-state index in [0.717, 1.165) is 13.0 Å². The molecule has 0 aromatic heterocycles. The van der Waals surface area contributed by atoms with Gasteiger partial charge in [0.15, 0.2) is 0 Å². The molecule has 0 aromatic carbocycles. The average Bonchev–Trinajstić information content (AvgIpc) is 2.04. The average molecular weight is 297 g/mol. The molecule has 0 rings (SSSR count). The normalized spacial score (nSPS) is 11.9. The van der Waals surface area contributed by atoms with Crippen LogP contribution in [-0.2, 0) is 9.53 Å². The minimum atomic E-state index is -0.215. The number of halogens is 1. The number of rotatable bonds is 5. The first kappa shape index (κ1) is 12.9. The molecule has 0 amide bonds. The second kappa shape index (κ2) is 7.32. The monoisotopic (exact) mass is 297 g/mol. The number of carbonyl (C=O) groups excluding carboxylic acids is 1. The zero-order valence-corrected chi connectivity index (χ0v) is 10.5. The molecule has 0 bridgehead atoms. The molecule has 76 valence electrons. The van der Waals surface area contributed by atoms with Gasteiger partial charge in [0.25, 0.3) is 0 Å². The smallest absolute Gasteiger partial charge is 0.334 e.